The van der Waals surface area contributed by atoms with Gasteiger partial charge in [-0.25, -0.2) is 4.98 Å². The maximum atomic E-state index is 11.5. The van der Waals surface area contributed by atoms with Gasteiger partial charge in [0.1, 0.15) is 5.82 Å². The Kier molecular flexibility index (Phi) is 4.71. The highest BCUT2D eigenvalue weighted by Crippen LogP contribution is 2.12. The molecule has 0 unspecified atom stereocenters. The lowest BCUT2D eigenvalue weighted by Gasteiger charge is -2.09. The minimum atomic E-state index is -0.0484. The zero-order valence-corrected chi connectivity index (χ0v) is 11.8. The summed E-state index contributed by atoms with van der Waals surface area (Å²) in [6.07, 6.45) is 1.72. The highest BCUT2D eigenvalue weighted by Gasteiger charge is 2.07. The average molecular weight is 269 g/mol. The van der Waals surface area contributed by atoms with Crippen molar-refractivity contribution in [2.75, 3.05) is 10.6 Å². The van der Waals surface area contributed by atoms with E-state index in [4.69, 9.17) is 0 Å². The summed E-state index contributed by atoms with van der Waals surface area (Å²) in [5.74, 6) is 0.504. The van der Waals surface area contributed by atoms with Crippen LogP contribution in [0.5, 0.6) is 0 Å². The molecule has 2 aromatic rings. The first kappa shape index (κ1) is 14.1. The van der Waals surface area contributed by atoms with Crippen LogP contribution in [0.15, 0.2) is 48.7 Å². The lowest BCUT2D eigenvalue weighted by molar-refractivity contribution is -0.118. The van der Waals surface area contributed by atoms with Crippen LogP contribution in [-0.2, 0) is 11.3 Å². The molecule has 0 aliphatic rings. The van der Waals surface area contributed by atoms with Crippen molar-refractivity contribution >= 4 is 17.4 Å². The van der Waals surface area contributed by atoms with Crippen molar-refractivity contribution < 1.29 is 4.79 Å². The van der Waals surface area contributed by atoms with Gasteiger partial charge in [0.25, 0.3) is 0 Å². The summed E-state index contributed by atoms with van der Waals surface area (Å²) >= 11 is 0. The first-order valence-electron chi connectivity index (χ1n) is 6.70. The molecule has 0 atom stereocenters. The maximum Gasteiger partial charge on any atom is 0.228 e. The molecule has 20 heavy (non-hydrogen) atoms. The minimum Gasteiger partial charge on any atom is -0.380 e. The highest BCUT2D eigenvalue weighted by molar-refractivity contribution is 5.91. The molecule has 0 saturated carbocycles. The first-order valence-corrected chi connectivity index (χ1v) is 6.70. The van der Waals surface area contributed by atoms with E-state index in [-0.39, 0.29) is 11.8 Å². The molecular formula is C16H19N3O. The minimum absolute atomic E-state index is 0.0255. The fraction of sp³-hybridized carbons (Fsp3) is 0.250. The number of nitrogens with zero attached hydrogens (tertiary/aromatic N) is 1. The highest BCUT2D eigenvalue weighted by atomic mass is 16.1. The third-order valence-electron chi connectivity index (χ3n) is 2.88. The zero-order valence-electron chi connectivity index (χ0n) is 11.8. The molecule has 1 aromatic heterocycles. The summed E-state index contributed by atoms with van der Waals surface area (Å²) < 4.78 is 0. The predicted octanol–water partition coefficient (Wildman–Crippen LogP) is 3.29. The lowest BCUT2D eigenvalue weighted by Crippen LogP contribution is -2.18. The number of aromatic nitrogens is 1. The fourth-order valence-corrected chi connectivity index (χ4v) is 1.64. The number of carbonyl (C=O) groups is 1. The molecule has 1 aromatic carbocycles. The molecule has 0 spiro atoms. The van der Waals surface area contributed by atoms with Crippen LogP contribution in [0, 0.1) is 5.92 Å². The Morgan fingerprint density at radius 2 is 1.90 bits per heavy atom. The van der Waals surface area contributed by atoms with E-state index in [1.807, 2.05) is 38.1 Å². The van der Waals surface area contributed by atoms with Crippen molar-refractivity contribution in [2.45, 2.75) is 20.4 Å². The van der Waals surface area contributed by atoms with Gasteiger partial charge in [-0.05, 0) is 17.7 Å². The molecule has 0 aliphatic heterocycles. The standard InChI is InChI=1S/C16H19N3O/c1-12(2)16(20)19-15-9-8-14(11-18-15)17-10-13-6-4-3-5-7-13/h3-9,11-12,17H,10H2,1-2H3,(H,18,19,20). The summed E-state index contributed by atoms with van der Waals surface area (Å²) in [6.45, 7) is 4.45. The van der Waals surface area contributed by atoms with Crippen LogP contribution in [0.3, 0.4) is 0 Å². The van der Waals surface area contributed by atoms with Crippen LogP contribution in [0.25, 0.3) is 0 Å². The van der Waals surface area contributed by atoms with E-state index < -0.39 is 0 Å². The normalized spacial score (nSPS) is 10.3. The van der Waals surface area contributed by atoms with Crippen LogP contribution >= 0.6 is 0 Å². The van der Waals surface area contributed by atoms with Crippen molar-refractivity contribution in [1.29, 1.82) is 0 Å². The molecule has 4 heteroatoms. The topological polar surface area (TPSA) is 54.0 Å². The zero-order chi connectivity index (χ0) is 14.4. The van der Waals surface area contributed by atoms with E-state index in [1.54, 1.807) is 12.3 Å². The second-order valence-corrected chi connectivity index (χ2v) is 4.92. The van der Waals surface area contributed by atoms with Gasteiger partial charge in [-0.15, -0.1) is 0 Å². The smallest absolute Gasteiger partial charge is 0.228 e. The van der Waals surface area contributed by atoms with Gasteiger partial charge in [-0.3, -0.25) is 4.79 Å². The summed E-state index contributed by atoms with van der Waals surface area (Å²) in [7, 11) is 0. The van der Waals surface area contributed by atoms with E-state index in [9.17, 15) is 4.79 Å². The molecule has 0 saturated heterocycles. The summed E-state index contributed by atoms with van der Waals surface area (Å²) in [4.78, 5) is 15.8. The predicted molar refractivity (Wildman–Crippen MR) is 81.5 cm³/mol. The number of benzene rings is 1. The van der Waals surface area contributed by atoms with Gasteiger partial charge in [-0.1, -0.05) is 44.2 Å². The van der Waals surface area contributed by atoms with Crippen molar-refractivity contribution in [3.05, 3.63) is 54.2 Å². The Bertz CT molecular complexity index is 550. The molecule has 2 N–H and O–H groups in total. The van der Waals surface area contributed by atoms with Crippen LogP contribution in [0.1, 0.15) is 19.4 Å². The van der Waals surface area contributed by atoms with Gasteiger partial charge in [0.05, 0.1) is 11.9 Å². The lowest BCUT2D eigenvalue weighted by atomic mass is 10.2. The molecule has 1 heterocycles. The monoisotopic (exact) mass is 269 g/mol. The molecule has 104 valence electrons. The van der Waals surface area contributed by atoms with Crippen LogP contribution < -0.4 is 10.6 Å². The number of rotatable bonds is 5. The number of hydrogen-bond acceptors (Lipinski definition) is 3. The Hall–Kier alpha value is -2.36. The number of anilines is 2. The summed E-state index contributed by atoms with van der Waals surface area (Å²) in [6, 6.07) is 13.9. The Balaban J connectivity index is 1.90. The van der Waals surface area contributed by atoms with Crippen LogP contribution in [0.2, 0.25) is 0 Å². The van der Waals surface area contributed by atoms with Crippen molar-refractivity contribution in [3.63, 3.8) is 0 Å². The third-order valence-corrected chi connectivity index (χ3v) is 2.88. The Morgan fingerprint density at radius 1 is 1.15 bits per heavy atom. The largest absolute Gasteiger partial charge is 0.380 e. The van der Waals surface area contributed by atoms with E-state index >= 15 is 0 Å². The quantitative estimate of drug-likeness (QED) is 0.875. The van der Waals surface area contributed by atoms with Crippen molar-refractivity contribution in [1.82, 2.24) is 4.98 Å². The SMILES string of the molecule is CC(C)C(=O)Nc1ccc(NCc2ccccc2)cn1. The maximum absolute atomic E-state index is 11.5. The van der Waals surface area contributed by atoms with Gasteiger partial charge in [-0.2, -0.15) is 0 Å². The van der Waals surface area contributed by atoms with E-state index in [0.717, 1.165) is 12.2 Å². The molecular weight excluding hydrogens is 250 g/mol. The van der Waals surface area contributed by atoms with Gasteiger partial charge in [0, 0.05) is 12.5 Å². The molecule has 2 rings (SSSR count). The van der Waals surface area contributed by atoms with Crippen LogP contribution in [0.4, 0.5) is 11.5 Å². The molecule has 0 aliphatic carbocycles. The van der Waals surface area contributed by atoms with Gasteiger partial charge < -0.3 is 10.6 Å². The van der Waals surface area contributed by atoms with Gasteiger partial charge in [0.2, 0.25) is 5.91 Å². The average Bonchev–Trinajstić information content (AvgIpc) is 2.47. The van der Waals surface area contributed by atoms with Crippen LogP contribution in [-0.4, -0.2) is 10.9 Å². The Morgan fingerprint density at radius 3 is 2.50 bits per heavy atom. The molecule has 1 amide bonds. The third kappa shape index (κ3) is 4.09. The number of hydrogen-bond donors (Lipinski definition) is 2. The number of amides is 1. The van der Waals surface area contributed by atoms with E-state index in [1.165, 1.54) is 5.56 Å². The second kappa shape index (κ2) is 6.70. The van der Waals surface area contributed by atoms with E-state index in [2.05, 4.69) is 27.8 Å². The Labute approximate surface area is 119 Å². The van der Waals surface area contributed by atoms with Crippen molar-refractivity contribution in [3.8, 4) is 0 Å². The second-order valence-electron chi connectivity index (χ2n) is 4.92. The van der Waals surface area contributed by atoms with Gasteiger partial charge in [0.15, 0.2) is 0 Å². The van der Waals surface area contributed by atoms with E-state index in [0.29, 0.717) is 5.82 Å². The molecule has 4 nitrogen and oxygen atoms in total. The first-order chi connectivity index (χ1) is 9.65. The number of nitrogens with one attached hydrogen (secondary N) is 2. The number of pyridine rings is 1. The molecule has 0 radical (unpaired) electrons. The van der Waals surface area contributed by atoms with Gasteiger partial charge >= 0.3 is 0 Å². The molecule has 0 bridgehead atoms. The summed E-state index contributed by atoms with van der Waals surface area (Å²) in [5.41, 5.74) is 2.14. The fourth-order valence-electron chi connectivity index (χ4n) is 1.64. The van der Waals surface area contributed by atoms with Crippen molar-refractivity contribution in [2.24, 2.45) is 5.92 Å². The molecule has 0 fully saturated rings. The number of carbonyl (C=O) groups excluding carboxylic acids is 1. The summed E-state index contributed by atoms with van der Waals surface area (Å²) in [5, 5.41) is 6.05.